The van der Waals surface area contributed by atoms with Gasteiger partial charge in [0.25, 0.3) is 5.91 Å². The number of nitrogens with zero attached hydrogens (tertiary/aromatic N) is 2. The maximum atomic E-state index is 10.9. The third-order valence-corrected chi connectivity index (χ3v) is 3.65. The van der Waals surface area contributed by atoms with E-state index in [-0.39, 0.29) is 6.61 Å². The minimum absolute atomic E-state index is 0.221. The molecule has 1 heterocycles. The summed E-state index contributed by atoms with van der Waals surface area (Å²) >= 11 is 0. The van der Waals surface area contributed by atoms with Gasteiger partial charge in [-0.3, -0.25) is 4.79 Å². The molecule has 0 saturated carbocycles. The van der Waals surface area contributed by atoms with E-state index >= 15 is 0 Å². The lowest BCUT2D eigenvalue weighted by molar-refractivity contribution is -0.120. The number of aromatic nitrogens is 2. The van der Waals surface area contributed by atoms with Gasteiger partial charge in [-0.15, -0.1) is 10.2 Å². The van der Waals surface area contributed by atoms with Crippen LogP contribution in [-0.2, 0) is 4.79 Å². The third-order valence-electron chi connectivity index (χ3n) is 3.65. The number of hydrogen-bond acceptors (Lipinski definition) is 4. The van der Waals surface area contributed by atoms with Crippen LogP contribution in [-0.4, -0.2) is 22.7 Å². The molecule has 0 aliphatic rings. The Labute approximate surface area is 134 Å². The maximum absolute atomic E-state index is 10.9. The van der Waals surface area contributed by atoms with E-state index in [1.54, 1.807) is 0 Å². The van der Waals surface area contributed by atoms with Crippen LogP contribution in [0.4, 0.5) is 0 Å². The van der Waals surface area contributed by atoms with Crippen LogP contribution in [0.25, 0.3) is 22.0 Å². The summed E-state index contributed by atoms with van der Waals surface area (Å²) in [6, 6.07) is 13.9. The molecular weight excluding hydrogens is 290 g/mol. The molecule has 0 aliphatic heterocycles. The van der Waals surface area contributed by atoms with Crippen LogP contribution in [0, 0.1) is 13.8 Å². The molecule has 1 aromatic heterocycles. The summed E-state index contributed by atoms with van der Waals surface area (Å²) in [6.07, 6.45) is 0. The highest BCUT2D eigenvalue weighted by Crippen LogP contribution is 2.32. The molecule has 0 unspecified atom stereocenters. The first-order chi connectivity index (χ1) is 11.1. The van der Waals surface area contributed by atoms with E-state index in [2.05, 4.69) is 28.4 Å². The number of aryl methyl sites for hydroxylation is 2. The summed E-state index contributed by atoms with van der Waals surface area (Å²) in [5.74, 6) is -0.233. The summed E-state index contributed by atoms with van der Waals surface area (Å²) in [5, 5.41) is 10.2. The Morgan fingerprint density at radius 3 is 2.57 bits per heavy atom. The summed E-state index contributed by atoms with van der Waals surface area (Å²) < 4.78 is 5.38. The lowest BCUT2D eigenvalue weighted by atomic mass is 9.99. The van der Waals surface area contributed by atoms with Crippen LogP contribution in [0.15, 0.2) is 42.5 Å². The normalized spacial score (nSPS) is 10.7. The molecule has 2 N–H and O–H groups in total. The number of nitrogens with two attached hydrogens (primary N) is 1. The molecule has 1 amide bonds. The van der Waals surface area contributed by atoms with E-state index in [1.165, 1.54) is 0 Å². The number of ether oxygens (including phenoxy) is 1. The van der Waals surface area contributed by atoms with Crippen molar-refractivity contribution in [1.82, 2.24) is 10.2 Å². The SMILES string of the molecule is Cc1ccc(C)c(-c2nnc(OCC(N)=O)c3ccccc23)c1. The fourth-order valence-corrected chi connectivity index (χ4v) is 2.52. The average molecular weight is 307 g/mol. The summed E-state index contributed by atoms with van der Waals surface area (Å²) in [7, 11) is 0. The van der Waals surface area contributed by atoms with Crippen LogP contribution in [0.1, 0.15) is 11.1 Å². The van der Waals surface area contributed by atoms with Crippen LogP contribution >= 0.6 is 0 Å². The van der Waals surface area contributed by atoms with E-state index in [1.807, 2.05) is 38.1 Å². The molecule has 0 bridgehead atoms. The molecule has 5 nitrogen and oxygen atoms in total. The Hall–Kier alpha value is -2.95. The standard InChI is InChI=1S/C18H17N3O2/c1-11-7-8-12(2)15(9-11)17-13-5-3-4-6-14(13)18(21-20-17)23-10-16(19)22/h3-9H,10H2,1-2H3,(H2,19,22). The van der Waals surface area contributed by atoms with Gasteiger partial charge in [-0.05, 0) is 31.5 Å². The van der Waals surface area contributed by atoms with Crippen molar-refractivity contribution >= 4 is 16.7 Å². The van der Waals surface area contributed by atoms with Gasteiger partial charge in [-0.25, -0.2) is 0 Å². The highest BCUT2D eigenvalue weighted by Gasteiger charge is 2.14. The molecule has 3 rings (SSSR count). The zero-order chi connectivity index (χ0) is 16.4. The molecule has 23 heavy (non-hydrogen) atoms. The molecule has 5 heteroatoms. The van der Waals surface area contributed by atoms with Crippen molar-refractivity contribution < 1.29 is 9.53 Å². The van der Waals surface area contributed by atoms with Crippen LogP contribution in [0.3, 0.4) is 0 Å². The summed E-state index contributed by atoms with van der Waals surface area (Å²) in [5.41, 5.74) is 9.25. The number of hydrogen-bond donors (Lipinski definition) is 1. The van der Waals surface area contributed by atoms with Crippen molar-refractivity contribution in [2.45, 2.75) is 13.8 Å². The van der Waals surface area contributed by atoms with E-state index in [9.17, 15) is 4.79 Å². The Morgan fingerprint density at radius 1 is 1.09 bits per heavy atom. The zero-order valence-corrected chi connectivity index (χ0v) is 13.0. The minimum Gasteiger partial charge on any atom is -0.466 e. The second-order valence-corrected chi connectivity index (χ2v) is 5.47. The lowest BCUT2D eigenvalue weighted by Gasteiger charge is -2.11. The molecular formula is C18H17N3O2. The van der Waals surface area contributed by atoms with E-state index in [0.29, 0.717) is 5.88 Å². The molecule has 2 aromatic carbocycles. The van der Waals surface area contributed by atoms with Gasteiger partial charge in [0.15, 0.2) is 6.61 Å². The van der Waals surface area contributed by atoms with E-state index < -0.39 is 5.91 Å². The monoisotopic (exact) mass is 307 g/mol. The molecule has 116 valence electrons. The molecule has 0 spiro atoms. The second kappa shape index (κ2) is 6.04. The van der Waals surface area contributed by atoms with Crippen LogP contribution < -0.4 is 10.5 Å². The first-order valence-electron chi connectivity index (χ1n) is 7.30. The molecule has 0 saturated heterocycles. The predicted octanol–water partition coefficient (Wildman–Crippen LogP) is 2.78. The largest absolute Gasteiger partial charge is 0.466 e. The zero-order valence-electron chi connectivity index (χ0n) is 13.0. The first-order valence-corrected chi connectivity index (χ1v) is 7.30. The van der Waals surface area contributed by atoms with Crippen molar-refractivity contribution in [1.29, 1.82) is 0 Å². The van der Waals surface area contributed by atoms with Gasteiger partial charge in [0.1, 0.15) is 5.69 Å². The highest BCUT2D eigenvalue weighted by atomic mass is 16.5. The van der Waals surface area contributed by atoms with Crippen molar-refractivity contribution in [3.8, 4) is 17.1 Å². The lowest BCUT2D eigenvalue weighted by Crippen LogP contribution is -2.20. The number of amides is 1. The topological polar surface area (TPSA) is 78.1 Å². The van der Waals surface area contributed by atoms with Crippen molar-refractivity contribution in [3.63, 3.8) is 0 Å². The predicted molar refractivity (Wildman–Crippen MR) is 89.1 cm³/mol. The van der Waals surface area contributed by atoms with Gasteiger partial charge in [0.2, 0.25) is 5.88 Å². The second-order valence-electron chi connectivity index (χ2n) is 5.47. The van der Waals surface area contributed by atoms with Crippen LogP contribution in [0.5, 0.6) is 5.88 Å². The Kier molecular flexibility index (Phi) is 3.93. The summed E-state index contributed by atoms with van der Waals surface area (Å²) in [6.45, 7) is 3.87. The number of carbonyl (C=O) groups excluding carboxylic acids is 1. The van der Waals surface area contributed by atoms with Gasteiger partial charge in [0, 0.05) is 16.3 Å². The number of fused-ring (bicyclic) bond motifs is 1. The average Bonchev–Trinajstić information content (AvgIpc) is 2.55. The van der Waals surface area contributed by atoms with Gasteiger partial charge in [-0.1, -0.05) is 35.9 Å². The first kappa shape index (κ1) is 15.0. The van der Waals surface area contributed by atoms with Gasteiger partial charge in [-0.2, -0.15) is 0 Å². The number of rotatable bonds is 4. The van der Waals surface area contributed by atoms with Crippen LogP contribution in [0.2, 0.25) is 0 Å². The molecule has 0 radical (unpaired) electrons. The fourth-order valence-electron chi connectivity index (χ4n) is 2.52. The van der Waals surface area contributed by atoms with Crippen molar-refractivity contribution in [2.24, 2.45) is 5.73 Å². The third kappa shape index (κ3) is 2.99. The number of carbonyl (C=O) groups is 1. The highest BCUT2D eigenvalue weighted by molar-refractivity contribution is 5.97. The smallest absolute Gasteiger partial charge is 0.255 e. The van der Waals surface area contributed by atoms with E-state index in [0.717, 1.165) is 33.2 Å². The van der Waals surface area contributed by atoms with Gasteiger partial charge >= 0.3 is 0 Å². The van der Waals surface area contributed by atoms with Gasteiger partial charge < -0.3 is 10.5 Å². The molecule has 0 fully saturated rings. The van der Waals surface area contributed by atoms with Gasteiger partial charge in [0.05, 0.1) is 0 Å². The molecule has 0 atom stereocenters. The Morgan fingerprint density at radius 2 is 1.83 bits per heavy atom. The minimum atomic E-state index is -0.547. The molecule has 3 aromatic rings. The van der Waals surface area contributed by atoms with E-state index in [4.69, 9.17) is 10.5 Å². The Balaban J connectivity index is 2.18. The molecule has 0 aliphatic carbocycles. The quantitative estimate of drug-likeness (QED) is 0.804. The summed E-state index contributed by atoms with van der Waals surface area (Å²) in [4.78, 5) is 10.9. The Bertz CT molecular complexity index is 891. The fraction of sp³-hybridized carbons (Fsp3) is 0.167. The number of primary amides is 1. The van der Waals surface area contributed by atoms with Crippen molar-refractivity contribution in [2.75, 3.05) is 6.61 Å². The van der Waals surface area contributed by atoms with Crippen molar-refractivity contribution in [3.05, 3.63) is 53.6 Å². The number of benzene rings is 2. The maximum Gasteiger partial charge on any atom is 0.255 e.